The minimum absolute atomic E-state index is 0.0615. The number of hydrogen-bond acceptors (Lipinski definition) is 2. The van der Waals surface area contributed by atoms with Crippen LogP contribution in [0.25, 0.3) is 0 Å². The van der Waals surface area contributed by atoms with Gasteiger partial charge in [0.15, 0.2) is 0 Å². The predicted octanol–water partition coefficient (Wildman–Crippen LogP) is 4.51. The highest BCUT2D eigenvalue weighted by atomic mass is 32.2. The lowest BCUT2D eigenvalue weighted by Gasteiger charge is -2.12. The van der Waals surface area contributed by atoms with Gasteiger partial charge in [0.25, 0.3) is 0 Å². The zero-order valence-corrected chi connectivity index (χ0v) is 12.9. The first kappa shape index (κ1) is 15.6. The van der Waals surface area contributed by atoms with Gasteiger partial charge in [-0.2, -0.15) is 0 Å². The van der Waals surface area contributed by atoms with E-state index in [1.165, 1.54) is 29.5 Å². The molecule has 0 saturated heterocycles. The van der Waals surface area contributed by atoms with Crippen LogP contribution in [-0.4, -0.2) is 11.2 Å². The summed E-state index contributed by atoms with van der Waals surface area (Å²) in [6.45, 7) is 3.93. The summed E-state index contributed by atoms with van der Waals surface area (Å²) in [5, 5.41) is 2.64. The van der Waals surface area contributed by atoms with Crippen molar-refractivity contribution in [1.29, 1.82) is 0 Å². The summed E-state index contributed by atoms with van der Waals surface area (Å²) >= 11 is 1.41. The second kappa shape index (κ2) is 7.27. The number of thioether (sulfide) groups is 1. The third-order valence-corrected chi connectivity index (χ3v) is 4.24. The van der Waals surface area contributed by atoms with E-state index in [0.717, 1.165) is 17.0 Å². The Hall–Kier alpha value is -1.81. The number of hydrogen-bond donors (Lipinski definition) is 1. The zero-order chi connectivity index (χ0) is 15.2. The molecule has 0 fully saturated rings. The summed E-state index contributed by atoms with van der Waals surface area (Å²) in [7, 11) is 0. The van der Waals surface area contributed by atoms with Gasteiger partial charge in [0.1, 0.15) is 5.82 Å². The summed E-state index contributed by atoms with van der Waals surface area (Å²) in [5.41, 5.74) is 2.03. The van der Waals surface area contributed by atoms with Gasteiger partial charge in [-0.05, 0) is 55.3 Å². The zero-order valence-electron chi connectivity index (χ0n) is 12.1. The van der Waals surface area contributed by atoms with E-state index in [4.69, 9.17) is 0 Å². The molecule has 0 unspecified atom stereocenters. The number of halogens is 1. The summed E-state index contributed by atoms with van der Waals surface area (Å²) < 4.78 is 12.8. The van der Waals surface area contributed by atoms with Gasteiger partial charge in [0.2, 0.25) is 5.91 Å². The topological polar surface area (TPSA) is 29.1 Å². The molecule has 0 aromatic heterocycles. The summed E-state index contributed by atoms with van der Waals surface area (Å²) in [6, 6.07) is 14.0. The molecule has 2 rings (SSSR count). The minimum atomic E-state index is -0.271. The van der Waals surface area contributed by atoms with Gasteiger partial charge in [-0.25, -0.2) is 4.39 Å². The molecule has 2 aromatic rings. The van der Waals surface area contributed by atoms with Crippen molar-refractivity contribution >= 4 is 23.4 Å². The number of rotatable bonds is 5. The Labute approximate surface area is 128 Å². The molecule has 0 saturated carbocycles. The Morgan fingerprint density at radius 1 is 1.14 bits per heavy atom. The molecule has 0 aliphatic rings. The van der Waals surface area contributed by atoms with Gasteiger partial charge in [0, 0.05) is 10.6 Å². The van der Waals surface area contributed by atoms with Crippen LogP contribution in [0.1, 0.15) is 19.4 Å². The van der Waals surface area contributed by atoms with Gasteiger partial charge < -0.3 is 5.32 Å². The van der Waals surface area contributed by atoms with E-state index >= 15 is 0 Å². The fourth-order valence-electron chi connectivity index (χ4n) is 1.84. The van der Waals surface area contributed by atoms with Crippen molar-refractivity contribution in [3.05, 3.63) is 59.9 Å². The SMILES string of the molecule is CCc1ccc(NC(=O)[C@@H](C)Sc2ccc(F)cc2)cc1. The fourth-order valence-corrected chi connectivity index (χ4v) is 2.71. The number of amides is 1. The van der Waals surface area contributed by atoms with Crippen LogP contribution in [0.3, 0.4) is 0 Å². The number of nitrogens with one attached hydrogen (secondary N) is 1. The van der Waals surface area contributed by atoms with Crippen molar-refractivity contribution in [1.82, 2.24) is 0 Å². The average molecular weight is 303 g/mol. The average Bonchev–Trinajstić information content (AvgIpc) is 2.50. The smallest absolute Gasteiger partial charge is 0.237 e. The second-order valence-electron chi connectivity index (χ2n) is 4.75. The van der Waals surface area contributed by atoms with Crippen LogP contribution in [0.2, 0.25) is 0 Å². The van der Waals surface area contributed by atoms with Crippen molar-refractivity contribution in [3.8, 4) is 0 Å². The Kier molecular flexibility index (Phi) is 5.39. The molecule has 0 spiro atoms. The predicted molar refractivity (Wildman–Crippen MR) is 86.2 cm³/mol. The van der Waals surface area contributed by atoms with Crippen molar-refractivity contribution in [2.24, 2.45) is 0 Å². The molecule has 1 atom stereocenters. The first-order valence-electron chi connectivity index (χ1n) is 6.90. The summed E-state index contributed by atoms with van der Waals surface area (Å²) in [6.07, 6.45) is 0.977. The largest absolute Gasteiger partial charge is 0.325 e. The normalized spacial score (nSPS) is 12.0. The molecule has 0 bridgehead atoms. The van der Waals surface area contributed by atoms with Crippen LogP contribution >= 0.6 is 11.8 Å². The summed E-state index contributed by atoms with van der Waals surface area (Å²) in [4.78, 5) is 13.0. The molecular formula is C17H18FNOS. The van der Waals surface area contributed by atoms with Crippen LogP contribution in [0, 0.1) is 5.82 Å². The van der Waals surface area contributed by atoms with E-state index in [1.807, 2.05) is 31.2 Å². The molecule has 0 aliphatic heterocycles. The minimum Gasteiger partial charge on any atom is -0.325 e. The second-order valence-corrected chi connectivity index (χ2v) is 6.17. The van der Waals surface area contributed by atoms with Crippen LogP contribution in [-0.2, 0) is 11.2 Å². The van der Waals surface area contributed by atoms with Crippen LogP contribution < -0.4 is 5.32 Å². The van der Waals surface area contributed by atoms with Crippen LogP contribution in [0.5, 0.6) is 0 Å². The quantitative estimate of drug-likeness (QED) is 0.824. The lowest BCUT2D eigenvalue weighted by Crippen LogP contribution is -2.22. The number of carbonyl (C=O) groups is 1. The van der Waals surface area contributed by atoms with Crippen molar-refractivity contribution in [3.63, 3.8) is 0 Å². The first-order valence-corrected chi connectivity index (χ1v) is 7.78. The molecule has 2 nitrogen and oxygen atoms in total. The Bertz CT molecular complexity index is 595. The third kappa shape index (κ3) is 4.60. The van der Waals surface area contributed by atoms with E-state index in [9.17, 15) is 9.18 Å². The highest BCUT2D eigenvalue weighted by Gasteiger charge is 2.14. The molecule has 1 amide bonds. The van der Waals surface area contributed by atoms with Crippen LogP contribution in [0.4, 0.5) is 10.1 Å². The summed E-state index contributed by atoms with van der Waals surface area (Å²) in [5.74, 6) is -0.332. The standard InChI is InChI=1S/C17H18FNOS/c1-3-13-4-8-15(9-5-13)19-17(20)12(2)21-16-10-6-14(18)7-11-16/h4-12H,3H2,1-2H3,(H,19,20)/t12-/m1/s1. The van der Waals surface area contributed by atoms with Gasteiger partial charge in [-0.1, -0.05) is 19.1 Å². The van der Waals surface area contributed by atoms with Crippen molar-refractivity contribution in [2.75, 3.05) is 5.32 Å². The van der Waals surface area contributed by atoms with Gasteiger partial charge in [0.05, 0.1) is 5.25 Å². The molecule has 21 heavy (non-hydrogen) atoms. The monoisotopic (exact) mass is 303 g/mol. The van der Waals surface area contributed by atoms with E-state index in [2.05, 4.69) is 12.2 Å². The Morgan fingerprint density at radius 2 is 1.76 bits per heavy atom. The van der Waals surface area contributed by atoms with Crippen molar-refractivity contribution < 1.29 is 9.18 Å². The molecule has 1 N–H and O–H groups in total. The maximum atomic E-state index is 12.8. The molecular weight excluding hydrogens is 285 g/mol. The molecule has 2 aromatic carbocycles. The fraction of sp³-hybridized carbons (Fsp3) is 0.235. The lowest BCUT2D eigenvalue weighted by molar-refractivity contribution is -0.115. The highest BCUT2D eigenvalue weighted by molar-refractivity contribution is 8.00. The molecule has 110 valence electrons. The number of benzene rings is 2. The van der Waals surface area contributed by atoms with Crippen molar-refractivity contribution in [2.45, 2.75) is 30.4 Å². The van der Waals surface area contributed by atoms with E-state index in [0.29, 0.717) is 0 Å². The van der Waals surface area contributed by atoms with E-state index in [-0.39, 0.29) is 17.0 Å². The molecule has 0 aliphatic carbocycles. The van der Waals surface area contributed by atoms with E-state index < -0.39 is 0 Å². The molecule has 0 radical (unpaired) electrons. The maximum absolute atomic E-state index is 12.8. The van der Waals surface area contributed by atoms with Gasteiger partial charge in [-0.15, -0.1) is 11.8 Å². The first-order chi connectivity index (χ1) is 10.1. The number of carbonyl (C=O) groups excluding carboxylic acids is 1. The Balaban J connectivity index is 1.93. The molecule has 4 heteroatoms. The van der Waals surface area contributed by atoms with Crippen LogP contribution in [0.15, 0.2) is 53.4 Å². The lowest BCUT2D eigenvalue weighted by atomic mass is 10.1. The Morgan fingerprint density at radius 3 is 2.33 bits per heavy atom. The van der Waals surface area contributed by atoms with Gasteiger partial charge in [-0.3, -0.25) is 4.79 Å². The third-order valence-electron chi connectivity index (χ3n) is 3.13. The van der Waals surface area contributed by atoms with E-state index in [1.54, 1.807) is 12.1 Å². The maximum Gasteiger partial charge on any atom is 0.237 e. The number of anilines is 1. The van der Waals surface area contributed by atoms with Gasteiger partial charge >= 0.3 is 0 Å². The number of aryl methyl sites for hydroxylation is 1. The molecule has 0 heterocycles. The highest BCUT2D eigenvalue weighted by Crippen LogP contribution is 2.24.